The van der Waals surface area contributed by atoms with Crippen molar-refractivity contribution in [1.29, 1.82) is 5.26 Å². The summed E-state index contributed by atoms with van der Waals surface area (Å²) >= 11 is 0. The average Bonchev–Trinajstić information content (AvgIpc) is 2.35. The van der Waals surface area contributed by atoms with Crippen LogP contribution in [-0.2, 0) is 6.54 Å². The van der Waals surface area contributed by atoms with Gasteiger partial charge in [0.15, 0.2) is 0 Å². The van der Waals surface area contributed by atoms with Crippen molar-refractivity contribution in [3.63, 3.8) is 0 Å². The summed E-state index contributed by atoms with van der Waals surface area (Å²) in [6.45, 7) is 4.15. The molecule has 1 aliphatic carbocycles. The first-order valence-electron chi connectivity index (χ1n) is 7.32. The third-order valence-corrected chi connectivity index (χ3v) is 4.71. The first-order valence-corrected chi connectivity index (χ1v) is 7.32. The molecule has 1 fully saturated rings. The molecule has 1 saturated carbocycles. The Balaban J connectivity index is 2.01. The molecule has 0 amide bonds. The molecule has 108 valence electrons. The first-order chi connectivity index (χ1) is 9.47. The smallest absolute Gasteiger partial charge is 0.0991 e. The van der Waals surface area contributed by atoms with E-state index in [9.17, 15) is 0 Å². The van der Waals surface area contributed by atoms with Crippen LogP contribution >= 0.6 is 0 Å². The van der Waals surface area contributed by atoms with E-state index < -0.39 is 0 Å². The van der Waals surface area contributed by atoms with E-state index in [2.05, 4.69) is 50.0 Å². The highest BCUT2D eigenvalue weighted by atomic mass is 15.2. The minimum Gasteiger partial charge on any atom is -0.302 e. The van der Waals surface area contributed by atoms with Crippen LogP contribution < -0.4 is 0 Å². The molecule has 0 N–H and O–H groups in total. The van der Waals surface area contributed by atoms with Crippen LogP contribution in [0.4, 0.5) is 0 Å². The van der Waals surface area contributed by atoms with Gasteiger partial charge in [0.1, 0.15) is 0 Å². The molecule has 0 bridgehead atoms. The van der Waals surface area contributed by atoms with Crippen LogP contribution in [0.2, 0.25) is 0 Å². The lowest BCUT2D eigenvalue weighted by molar-refractivity contribution is 0.0258. The molecule has 0 spiro atoms. The van der Waals surface area contributed by atoms with E-state index in [4.69, 9.17) is 5.26 Å². The minimum atomic E-state index is 0.370. The van der Waals surface area contributed by atoms with Crippen LogP contribution in [0.25, 0.3) is 0 Å². The van der Waals surface area contributed by atoms with Gasteiger partial charge >= 0.3 is 0 Å². The van der Waals surface area contributed by atoms with Gasteiger partial charge in [-0.25, -0.2) is 0 Å². The largest absolute Gasteiger partial charge is 0.302 e. The quantitative estimate of drug-likeness (QED) is 0.825. The van der Waals surface area contributed by atoms with Gasteiger partial charge in [0, 0.05) is 18.6 Å². The third-order valence-electron chi connectivity index (χ3n) is 4.71. The summed E-state index contributed by atoms with van der Waals surface area (Å²) < 4.78 is 0. The summed E-state index contributed by atoms with van der Waals surface area (Å²) in [6, 6.07) is 8.19. The molecule has 0 unspecified atom stereocenters. The Morgan fingerprint density at radius 1 is 1.25 bits per heavy atom. The average molecular weight is 271 g/mol. The second-order valence-electron chi connectivity index (χ2n) is 6.40. The van der Waals surface area contributed by atoms with Crippen molar-refractivity contribution in [1.82, 2.24) is 9.80 Å². The van der Waals surface area contributed by atoms with Crippen molar-refractivity contribution in [2.75, 3.05) is 27.7 Å². The van der Waals surface area contributed by atoms with E-state index in [0.29, 0.717) is 5.54 Å². The van der Waals surface area contributed by atoms with Crippen LogP contribution in [0.1, 0.15) is 36.0 Å². The number of aryl methyl sites for hydroxylation is 1. The van der Waals surface area contributed by atoms with E-state index in [0.717, 1.165) is 18.7 Å². The Morgan fingerprint density at radius 2 is 1.95 bits per heavy atom. The van der Waals surface area contributed by atoms with Crippen molar-refractivity contribution < 1.29 is 0 Å². The maximum atomic E-state index is 8.92. The molecule has 2 rings (SSSR count). The second kappa shape index (κ2) is 5.95. The fraction of sp³-hybridized carbons (Fsp3) is 0.588. The fourth-order valence-corrected chi connectivity index (χ4v) is 3.12. The lowest BCUT2D eigenvalue weighted by Gasteiger charge is -2.49. The van der Waals surface area contributed by atoms with Gasteiger partial charge < -0.3 is 9.80 Å². The van der Waals surface area contributed by atoms with Crippen molar-refractivity contribution >= 4 is 0 Å². The summed E-state index contributed by atoms with van der Waals surface area (Å²) in [5, 5.41) is 8.92. The molecule has 0 heterocycles. The van der Waals surface area contributed by atoms with Crippen molar-refractivity contribution in [2.45, 2.75) is 38.3 Å². The number of hydrogen-bond donors (Lipinski definition) is 0. The van der Waals surface area contributed by atoms with Gasteiger partial charge in [-0.15, -0.1) is 0 Å². The zero-order chi connectivity index (χ0) is 14.8. The predicted octanol–water partition coefficient (Wildman–Crippen LogP) is 2.78. The van der Waals surface area contributed by atoms with E-state index in [1.807, 2.05) is 12.1 Å². The monoisotopic (exact) mass is 271 g/mol. The van der Waals surface area contributed by atoms with Crippen LogP contribution in [0.5, 0.6) is 0 Å². The van der Waals surface area contributed by atoms with Crippen LogP contribution in [0.3, 0.4) is 0 Å². The molecule has 0 saturated heterocycles. The molecule has 0 radical (unpaired) electrons. The molecular weight excluding hydrogens is 246 g/mol. The molecule has 0 aliphatic heterocycles. The van der Waals surface area contributed by atoms with Crippen LogP contribution in [-0.4, -0.2) is 43.0 Å². The number of hydrogen-bond acceptors (Lipinski definition) is 3. The molecule has 3 nitrogen and oxygen atoms in total. The van der Waals surface area contributed by atoms with E-state index >= 15 is 0 Å². The molecule has 0 atom stereocenters. The van der Waals surface area contributed by atoms with Gasteiger partial charge in [-0.3, -0.25) is 0 Å². The van der Waals surface area contributed by atoms with E-state index in [-0.39, 0.29) is 0 Å². The Hall–Kier alpha value is -1.37. The summed E-state index contributed by atoms with van der Waals surface area (Å²) in [5.41, 5.74) is 3.65. The fourth-order valence-electron chi connectivity index (χ4n) is 3.12. The lowest BCUT2D eigenvalue weighted by Crippen LogP contribution is -2.56. The molecular formula is C17H25N3. The Labute approximate surface area is 122 Å². The molecule has 3 heteroatoms. The van der Waals surface area contributed by atoms with Crippen molar-refractivity contribution in [2.24, 2.45) is 0 Å². The van der Waals surface area contributed by atoms with Gasteiger partial charge in [-0.05, 0) is 70.6 Å². The number of benzene rings is 1. The van der Waals surface area contributed by atoms with Gasteiger partial charge in [0.05, 0.1) is 11.6 Å². The Morgan fingerprint density at radius 3 is 2.40 bits per heavy atom. The van der Waals surface area contributed by atoms with Gasteiger partial charge in [-0.2, -0.15) is 5.26 Å². The van der Waals surface area contributed by atoms with Gasteiger partial charge in [-0.1, -0.05) is 6.07 Å². The molecule has 1 aromatic rings. The normalized spacial score (nSPS) is 17.1. The first kappa shape index (κ1) is 15.0. The van der Waals surface area contributed by atoms with Gasteiger partial charge in [0.25, 0.3) is 0 Å². The minimum absolute atomic E-state index is 0.370. The molecule has 1 aliphatic rings. The van der Waals surface area contributed by atoms with E-state index in [1.54, 1.807) is 0 Å². The van der Waals surface area contributed by atoms with Crippen molar-refractivity contribution in [3.8, 4) is 6.07 Å². The highest BCUT2D eigenvalue weighted by Crippen LogP contribution is 2.36. The second-order valence-corrected chi connectivity index (χ2v) is 6.40. The molecule has 0 aromatic heterocycles. The number of likely N-dealkylation sites (N-methyl/N-ethyl adjacent to an activating group) is 2. The Bertz CT molecular complexity index is 509. The molecule has 1 aromatic carbocycles. The van der Waals surface area contributed by atoms with Crippen molar-refractivity contribution in [3.05, 3.63) is 34.9 Å². The number of nitrogens with zero attached hydrogens (tertiary/aromatic N) is 3. The highest BCUT2D eigenvalue weighted by molar-refractivity contribution is 5.37. The maximum absolute atomic E-state index is 8.92. The maximum Gasteiger partial charge on any atom is 0.0991 e. The van der Waals surface area contributed by atoms with Crippen LogP contribution in [0, 0.1) is 18.3 Å². The SMILES string of the molecule is Cc1cc(C#N)ccc1CN(C)CC1(N(C)C)CCC1. The zero-order valence-electron chi connectivity index (χ0n) is 13.1. The summed E-state index contributed by atoms with van der Waals surface area (Å²) in [5.74, 6) is 0. The number of rotatable bonds is 5. The summed E-state index contributed by atoms with van der Waals surface area (Å²) in [7, 11) is 6.58. The third kappa shape index (κ3) is 3.03. The van der Waals surface area contributed by atoms with E-state index in [1.165, 1.54) is 30.4 Å². The highest BCUT2D eigenvalue weighted by Gasteiger charge is 2.39. The topological polar surface area (TPSA) is 30.3 Å². The molecule has 20 heavy (non-hydrogen) atoms. The summed E-state index contributed by atoms with van der Waals surface area (Å²) in [6.07, 6.45) is 3.95. The predicted molar refractivity (Wildman–Crippen MR) is 82.5 cm³/mol. The van der Waals surface area contributed by atoms with Crippen LogP contribution in [0.15, 0.2) is 18.2 Å². The Kier molecular flexibility index (Phi) is 4.47. The summed E-state index contributed by atoms with van der Waals surface area (Å²) in [4.78, 5) is 4.80. The zero-order valence-corrected chi connectivity index (χ0v) is 13.1. The number of nitriles is 1. The standard InChI is InChI=1S/C17H25N3/c1-14-10-15(11-18)6-7-16(14)12-20(4)13-17(19(2)3)8-5-9-17/h6-7,10H,5,8-9,12-13H2,1-4H3. The lowest BCUT2D eigenvalue weighted by atomic mass is 9.75. The van der Waals surface area contributed by atoms with Gasteiger partial charge in [0.2, 0.25) is 0 Å².